The molecule has 1 aliphatic rings. The van der Waals surface area contributed by atoms with Crippen LogP contribution in [0.4, 0.5) is 4.39 Å². The predicted octanol–water partition coefficient (Wildman–Crippen LogP) is 3.94. The van der Waals surface area contributed by atoms with Crippen molar-refractivity contribution >= 4 is 22.6 Å². The average Bonchev–Trinajstić information content (AvgIpc) is 2.73. The molecule has 0 bridgehead atoms. The molecule has 3 rings (SSSR count). The van der Waals surface area contributed by atoms with Crippen molar-refractivity contribution in [1.82, 2.24) is 5.32 Å². The fourth-order valence-corrected chi connectivity index (χ4v) is 3.05. The molecule has 0 radical (unpaired) electrons. The van der Waals surface area contributed by atoms with Crippen molar-refractivity contribution in [2.75, 3.05) is 13.1 Å². The van der Waals surface area contributed by atoms with Gasteiger partial charge in [0, 0.05) is 10.9 Å². The van der Waals surface area contributed by atoms with E-state index in [1.54, 1.807) is 6.07 Å². The maximum absolute atomic E-state index is 14.2. The van der Waals surface area contributed by atoms with Gasteiger partial charge in [0.25, 0.3) is 0 Å². The molecular formula is C14H15ClFNO. The summed E-state index contributed by atoms with van der Waals surface area (Å²) in [5.74, 6) is 0.396. The molecule has 1 aliphatic heterocycles. The summed E-state index contributed by atoms with van der Waals surface area (Å²) in [5.41, 5.74) is 1.30. The molecule has 1 fully saturated rings. The highest BCUT2D eigenvalue weighted by Gasteiger charge is 2.28. The molecule has 0 amide bonds. The van der Waals surface area contributed by atoms with E-state index in [1.165, 1.54) is 12.3 Å². The van der Waals surface area contributed by atoms with Gasteiger partial charge in [-0.2, -0.15) is 0 Å². The Morgan fingerprint density at radius 3 is 3.06 bits per heavy atom. The van der Waals surface area contributed by atoms with Gasteiger partial charge >= 0.3 is 0 Å². The molecule has 2 nitrogen and oxygen atoms in total. The second-order valence-electron chi connectivity index (χ2n) is 5.00. The molecule has 0 aliphatic carbocycles. The minimum atomic E-state index is -0.188. The molecule has 0 saturated carbocycles. The smallest absolute Gasteiger partial charge is 0.141 e. The van der Waals surface area contributed by atoms with Crippen molar-refractivity contribution in [3.8, 4) is 0 Å². The quantitative estimate of drug-likeness (QED) is 0.847. The summed E-state index contributed by atoms with van der Waals surface area (Å²) in [5, 5.41) is 4.68. The Balaban J connectivity index is 2.17. The first-order valence-corrected chi connectivity index (χ1v) is 6.62. The first kappa shape index (κ1) is 12.0. The largest absolute Gasteiger partial charge is 0.462 e. The van der Waals surface area contributed by atoms with Gasteiger partial charge in [-0.15, -0.1) is 0 Å². The van der Waals surface area contributed by atoms with Crippen molar-refractivity contribution in [2.45, 2.75) is 19.3 Å². The van der Waals surface area contributed by atoms with Gasteiger partial charge < -0.3 is 9.73 Å². The second-order valence-corrected chi connectivity index (χ2v) is 5.41. The zero-order valence-corrected chi connectivity index (χ0v) is 10.9. The van der Waals surface area contributed by atoms with Gasteiger partial charge in [-0.1, -0.05) is 18.5 Å². The number of hydrogen-bond acceptors (Lipinski definition) is 2. The van der Waals surface area contributed by atoms with E-state index in [-0.39, 0.29) is 11.7 Å². The van der Waals surface area contributed by atoms with Crippen molar-refractivity contribution in [1.29, 1.82) is 0 Å². The number of fused-ring (bicyclic) bond motifs is 1. The van der Waals surface area contributed by atoms with Crippen LogP contribution in [0.1, 0.15) is 24.8 Å². The maximum Gasteiger partial charge on any atom is 0.141 e. The lowest BCUT2D eigenvalue weighted by molar-refractivity contribution is 0.341. The summed E-state index contributed by atoms with van der Waals surface area (Å²) in [4.78, 5) is 0. The van der Waals surface area contributed by atoms with E-state index < -0.39 is 0 Å². The summed E-state index contributed by atoms with van der Waals surface area (Å²) < 4.78 is 19.6. The van der Waals surface area contributed by atoms with E-state index in [9.17, 15) is 4.39 Å². The summed E-state index contributed by atoms with van der Waals surface area (Å²) in [6.45, 7) is 3.97. The van der Waals surface area contributed by atoms with Gasteiger partial charge in [-0.25, -0.2) is 4.39 Å². The van der Waals surface area contributed by atoms with Gasteiger partial charge in [0.1, 0.15) is 17.7 Å². The first-order valence-electron chi connectivity index (χ1n) is 6.24. The highest BCUT2D eigenvalue weighted by atomic mass is 35.5. The predicted molar refractivity (Wildman–Crippen MR) is 70.6 cm³/mol. The molecule has 4 heteroatoms. The van der Waals surface area contributed by atoms with Crippen molar-refractivity contribution < 1.29 is 8.81 Å². The monoisotopic (exact) mass is 267 g/mol. The Hall–Kier alpha value is -1.06. The SMILES string of the molecule is CC1CNCCC1c1c(F)ccc2c(Cl)coc12. The van der Waals surface area contributed by atoms with E-state index in [0.29, 0.717) is 22.1 Å². The lowest BCUT2D eigenvalue weighted by Gasteiger charge is -2.30. The van der Waals surface area contributed by atoms with Crippen LogP contribution >= 0.6 is 11.6 Å². The summed E-state index contributed by atoms with van der Waals surface area (Å²) in [6, 6.07) is 3.18. The van der Waals surface area contributed by atoms with E-state index >= 15 is 0 Å². The molecule has 1 N–H and O–H groups in total. The second kappa shape index (κ2) is 4.56. The summed E-state index contributed by atoms with van der Waals surface area (Å²) in [6.07, 6.45) is 2.41. The Morgan fingerprint density at radius 1 is 1.44 bits per heavy atom. The van der Waals surface area contributed by atoms with Crippen LogP contribution in [0.15, 0.2) is 22.8 Å². The number of halogens is 2. The van der Waals surface area contributed by atoms with E-state index in [4.69, 9.17) is 16.0 Å². The molecule has 2 aromatic rings. The number of hydrogen-bond donors (Lipinski definition) is 1. The number of nitrogens with one attached hydrogen (secondary N) is 1. The van der Waals surface area contributed by atoms with Gasteiger partial charge in [0.2, 0.25) is 0 Å². The topological polar surface area (TPSA) is 25.2 Å². The summed E-state index contributed by atoms with van der Waals surface area (Å²) >= 11 is 6.04. The standard InChI is InChI=1S/C14H15ClFNO/c1-8-6-17-5-4-9(8)13-12(16)3-2-10-11(15)7-18-14(10)13/h2-3,7-9,17H,4-6H2,1H3. The summed E-state index contributed by atoms with van der Waals surface area (Å²) in [7, 11) is 0. The lowest BCUT2D eigenvalue weighted by Crippen LogP contribution is -2.34. The Morgan fingerprint density at radius 2 is 2.28 bits per heavy atom. The van der Waals surface area contributed by atoms with Crippen LogP contribution in [-0.2, 0) is 0 Å². The number of furan rings is 1. The highest BCUT2D eigenvalue weighted by molar-refractivity contribution is 6.35. The van der Waals surface area contributed by atoms with Crippen LogP contribution in [0.25, 0.3) is 11.0 Å². The molecule has 2 atom stereocenters. The van der Waals surface area contributed by atoms with Crippen LogP contribution in [0, 0.1) is 11.7 Å². The van der Waals surface area contributed by atoms with Crippen molar-refractivity contribution in [3.63, 3.8) is 0 Å². The number of rotatable bonds is 1. The minimum absolute atomic E-state index is 0.188. The lowest BCUT2D eigenvalue weighted by atomic mass is 9.81. The Kier molecular flexibility index (Phi) is 3.04. The first-order chi connectivity index (χ1) is 8.68. The zero-order valence-electron chi connectivity index (χ0n) is 10.2. The van der Waals surface area contributed by atoms with Crippen LogP contribution < -0.4 is 5.32 Å². The van der Waals surface area contributed by atoms with Crippen LogP contribution in [0.5, 0.6) is 0 Å². The normalized spacial score (nSPS) is 24.6. The van der Waals surface area contributed by atoms with E-state index in [1.807, 2.05) is 0 Å². The molecule has 18 heavy (non-hydrogen) atoms. The van der Waals surface area contributed by atoms with E-state index in [0.717, 1.165) is 24.9 Å². The minimum Gasteiger partial charge on any atom is -0.462 e. The third-order valence-corrected chi connectivity index (χ3v) is 4.13. The van der Waals surface area contributed by atoms with Crippen LogP contribution in [0.3, 0.4) is 0 Å². The number of piperidine rings is 1. The van der Waals surface area contributed by atoms with Gasteiger partial charge in [-0.05, 0) is 43.5 Å². The molecule has 2 heterocycles. The third-order valence-electron chi connectivity index (χ3n) is 3.84. The molecule has 1 aromatic heterocycles. The fourth-order valence-electron chi connectivity index (χ4n) is 2.85. The van der Waals surface area contributed by atoms with Crippen LogP contribution in [-0.4, -0.2) is 13.1 Å². The Bertz CT molecular complexity index is 580. The molecular weight excluding hydrogens is 253 g/mol. The van der Waals surface area contributed by atoms with Crippen LogP contribution in [0.2, 0.25) is 5.02 Å². The highest BCUT2D eigenvalue weighted by Crippen LogP contribution is 2.39. The molecule has 2 unspecified atom stereocenters. The van der Waals surface area contributed by atoms with Gasteiger partial charge in [0.15, 0.2) is 0 Å². The fraction of sp³-hybridized carbons (Fsp3) is 0.429. The third kappa shape index (κ3) is 1.82. The average molecular weight is 268 g/mol. The van der Waals surface area contributed by atoms with Crippen molar-refractivity contribution in [3.05, 3.63) is 34.8 Å². The molecule has 0 spiro atoms. The van der Waals surface area contributed by atoms with Gasteiger partial charge in [-0.3, -0.25) is 0 Å². The molecule has 1 saturated heterocycles. The molecule has 96 valence electrons. The Labute approximate surface area is 110 Å². The zero-order chi connectivity index (χ0) is 12.7. The van der Waals surface area contributed by atoms with Gasteiger partial charge in [0.05, 0.1) is 5.02 Å². The maximum atomic E-state index is 14.2. The number of benzene rings is 1. The van der Waals surface area contributed by atoms with Crippen molar-refractivity contribution in [2.24, 2.45) is 5.92 Å². The van der Waals surface area contributed by atoms with E-state index in [2.05, 4.69) is 12.2 Å². The molecule has 1 aromatic carbocycles.